The van der Waals surface area contributed by atoms with Crippen LogP contribution in [0.1, 0.15) is 41.0 Å². The van der Waals surface area contributed by atoms with Crippen molar-refractivity contribution in [3.63, 3.8) is 0 Å². The fraction of sp³-hybridized carbons (Fsp3) is 0.239. The Balaban J connectivity index is 1.34. The van der Waals surface area contributed by atoms with Gasteiger partial charge in [0.15, 0.2) is 5.16 Å². The third-order valence-electron chi connectivity index (χ3n) is 10.6. The molecule has 0 aliphatic rings. The summed E-state index contributed by atoms with van der Waals surface area (Å²) in [6.45, 7) is 13.1. The second-order valence-electron chi connectivity index (χ2n) is 14.7. The zero-order valence-corrected chi connectivity index (χ0v) is 39.4. The fourth-order valence-electron chi connectivity index (χ4n) is 7.26. The van der Waals surface area contributed by atoms with E-state index in [1.54, 1.807) is 48.5 Å². The summed E-state index contributed by atoms with van der Waals surface area (Å²) in [4.78, 5) is 17.8. The van der Waals surface area contributed by atoms with Crippen LogP contribution < -0.4 is 20.4 Å². The van der Waals surface area contributed by atoms with Crippen LogP contribution in [0.2, 0.25) is 0 Å². The number of thioether (sulfide) groups is 1. The van der Waals surface area contributed by atoms with Gasteiger partial charge in [0.05, 0.1) is 11.4 Å². The number of nitrogens with zero attached hydrogens (tertiary/aromatic N) is 9. The third kappa shape index (κ3) is 10.9. The van der Waals surface area contributed by atoms with Gasteiger partial charge in [0.1, 0.15) is 32.5 Å². The summed E-state index contributed by atoms with van der Waals surface area (Å²) in [6.07, 6.45) is 0.841. The predicted molar refractivity (Wildman–Crippen MR) is 263 cm³/mol. The topological polar surface area (TPSA) is 227 Å². The molecule has 7 aromatic rings. The van der Waals surface area contributed by atoms with Gasteiger partial charge in [-0.1, -0.05) is 79.3 Å². The van der Waals surface area contributed by atoms with Gasteiger partial charge in [0.2, 0.25) is 11.9 Å². The van der Waals surface area contributed by atoms with Gasteiger partial charge in [0.25, 0.3) is 20.2 Å². The molecule has 0 amide bonds. The van der Waals surface area contributed by atoms with E-state index in [2.05, 4.69) is 40.9 Å². The zero-order valence-electron chi connectivity index (χ0n) is 36.9. The molecule has 0 saturated carbocycles. The van der Waals surface area contributed by atoms with Crippen molar-refractivity contribution in [1.82, 2.24) is 15.0 Å². The molecule has 66 heavy (non-hydrogen) atoms. The molecule has 0 atom stereocenters. The second kappa shape index (κ2) is 20.7. The van der Waals surface area contributed by atoms with E-state index in [-0.39, 0.29) is 33.1 Å². The van der Waals surface area contributed by atoms with E-state index in [0.717, 1.165) is 17.8 Å². The molecule has 7 rings (SSSR count). The van der Waals surface area contributed by atoms with Gasteiger partial charge < -0.3 is 20.4 Å². The van der Waals surface area contributed by atoms with Gasteiger partial charge >= 0.3 is 0 Å². The van der Waals surface area contributed by atoms with E-state index >= 15 is 0 Å². The van der Waals surface area contributed by atoms with Crippen LogP contribution in [-0.2, 0) is 20.2 Å². The Morgan fingerprint density at radius 2 is 0.970 bits per heavy atom. The lowest BCUT2D eigenvalue weighted by molar-refractivity contribution is 0.481. The van der Waals surface area contributed by atoms with Gasteiger partial charge in [-0.05, 0) is 93.4 Å². The van der Waals surface area contributed by atoms with E-state index in [1.807, 2.05) is 83.1 Å². The standard InChI is InChI=1S/C46H49N11O6S3/c1-6-27-64-46-50-44(47-38-28-32(56(7-2)8-3)21-23-36(38)52-54-42-34-17-13-11-15-30(34)19-25-40(42)65(58,59)60)49-45(51-46)48-39-29-33(57(9-4)10-5)22-24-37(39)53-55-43-35-18-14-12-16-31(35)20-26-41(43)66(61,62)63/h11-26,28-29H,6-10,27H2,1-5H3,(H,58,59,60)(H,61,62,63)(H2,47,48,49,50,51). The summed E-state index contributed by atoms with van der Waals surface area (Å²) < 4.78 is 70.5. The average molecular weight is 948 g/mol. The van der Waals surface area contributed by atoms with Gasteiger partial charge in [-0.3, -0.25) is 9.11 Å². The summed E-state index contributed by atoms with van der Waals surface area (Å²) in [5, 5.41) is 27.4. The minimum absolute atomic E-state index is 0.0196. The van der Waals surface area contributed by atoms with Crippen molar-refractivity contribution in [1.29, 1.82) is 0 Å². The quantitative estimate of drug-likeness (QED) is 0.0336. The third-order valence-corrected chi connectivity index (χ3v) is 13.4. The first-order chi connectivity index (χ1) is 31.7. The van der Waals surface area contributed by atoms with Gasteiger partial charge in [-0.15, -0.1) is 20.5 Å². The molecule has 4 N–H and O–H groups in total. The summed E-state index contributed by atoms with van der Waals surface area (Å²) in [7, 11) is -9.33. The Hall–Kier alpha value is -6.58. The normalized spacial score (nSPS) is 12.1. The summed E-state index contributed by atoms with van der Waals surface area (Å²) in [6, 6.07) is 31.0. The molecule has 0 fully saturated rings. The highest BCUT2D eigenvalue weighted by Crippen LogP contribution is 2.40. The number of hydrogen-bond acceptors (Lipinski definition) is 16. The van der Waals surface area contributed by atoms with Gasteiger partial charge in [-0.2, -0.15) is 31.8 Å². The number of hydrogen-bond donors (Lipinski definition) is 4. The number of benzene rings is 6. The monoisotopic (exact) mass is 947 g/mol. The maximum absolute atomic E-state index is 12.5. The number of rotatable bonds is 19. The lowest BCUT2D eigenvalue weighted by Gasteiger charge is -2.22. The molecule has 0 saturated heterocycles. The van der Waals surface area contributed by atoms with E-state index in [4.69, 9.17) is 15.0 Å². The Morgan fingerprint density at radius 3 is 1.36 bits per heavy atom. The van der Waals surface area contributed by atoms with Gasteiger partial charge in [-0.25, -0.2) is 0 Å². The molecule has 0 aliphatic carbocycles. The molecule has 1 aromatic heterocycles. The zero-order chi connectivity index (χ0) is 47.0. The van der Waals surface area contributed by atoms with Gasteiger partial charge in [0, 0.05) is 54.1 Å². The lowest BCUT2D eigenvalue weighted by Crippen LogP contribution is -2.21. The molecule has 0 bridgehead atoms. The van der Waals surface area contributed by atoms with Crippen LogP contribution in [0.25, 0.3) is 21.5 Å². The van der Waals surface area contributed by atoms with Crippen LogP contribution in [-0.4, -0.2) is 72.8 Å². The van der Waals surface area contributed by atoms with Crippen LogP contribution in [0.5, 0.6) is 0 Å². The number of nitrogens with one attached hydrogen (secondary N) is 2. The van der Waals surface area contributed by atoms with Crippen LogP contribution in [0.15, 0.2) is 145 Å². The van der Waals surface area contributed by atoms with Crippen molar-refractivity contribution in [2.24, 2.45) is 20.5 Å². The molecule has 0 unspecified atom stereocenters. The Morgan fingerprint density at radius 1 is 0.545 bits per heavy atom. The van der Waals surface area contributed by atoms with Crippen LogP contribution in [0, 0.1) is 0 Å². The largest absolute Gasteiger partial charge is 0.372 e. The Labute approximate surface area is 388 Å². The molecular formula is C46H49N11O6S3. The maximum atomic E-state index is 12.5. The molecule has 17 nitrogen and oxygen atoms in total. The smallest absolute Gasteiger partial charge is 0.296 e. The molecule has 20 heteroatoms. The molecule has 0 aliphatic heterocycles. The van der Waals surface area contributed by atoms with Crippen molar-refractivity contribution in [3.05, 3.63) is 109 Å². The number of anilines is 6. The highest BCUT2D eigenvalue weighted by Gasteiger charge is 2.21. The highest BCUT2D eigenvalue weighted by atomic mass is 32.2. The molecule has 1 heterocycles. The number of fused-ring (bicyclic) bond motifs is 2. The van der Waals surface area contributed by atoms with Crippen molar-refractivity contribution in [2.75, 3.05) is 52.4 Å². The first-order valence-corrected chi connectivity index (χ1v) is 25.1. The summed E-state index contributed by atoms with van der Waals surface area (Å²) in [5.41, 5.74) is 3.23. The first kappa shape index (κ1) is 47.4. The van der Waals surface area contributed by atoms with Crippen molar-refractivity contribution >= 4 is 111 Å². The van der Waals surface area contributed by atoms with Crippen molar-refractivity contribution in [2.45, 2.75) is 56.0 Å². The SMILES string of the molecule is CCCSc1nc(Nc2cc(N(CC)CC)ccc2N=Nc2c(S(=O)(=O)O)ccc3ccccc23)nc(Nc2cc(N(CC)CC)ccc2N=Nc2c(S(=O)(=O)O)ccc3ccccc23)n1. The molecule has 0 radical (unpaired) electrons. The van der Waals surface area contributed by atoms with E-state index < -0.39 is 20.2 Å². The van der Waals surface area contributed by atoms with Crippen molar-refractivity contribution in [3.8, 4) is 0 Å². The fourth-order valence-corrected chi connectivity index (χ4v) is 9.22. The van der Waals surface area contributed by atoms with Crippen LogP contribution in [0.3, 0.4) is 0 Å². The highest BCUT2D eigenvalue weighted by molar-refractivity contribution is 7.99. The Bertz CT molecular complexity index is 2980. The maximum Gasteiger partial charge on any atom is 0.296 e. The molecule has 6 aromatic carbocycles. The Kier molecular flexibility index (Phi) is 14.9. The molecule has 342 valence electrons. The second-order valence-corrected chi connectivity index (χ2v) is 18.6. The minimum Gasteiger partial charge on any atom is -0.372 e. The minimum atomic E-state index is -4.67. The summed E-state index contributed by atoms with van der Waals surface area (Å²) in [5.74, 6) is 1.01. The van der Waals surface area contributed by atoms with Crippen molar-refractivity contribution < 1.29 is 25.9 Å². The van der Waals surface area contributed by atoms with E-state index in [1.165, 1.54) is 23.9 Å². The molecule has 0 spiro atoms. The predicted octanol–water partition coefficient (Wildman–Crippen LogP) is 12.2. The number of azo groups is 2. The average Bonchev–Trinajstić information content (AvgIpc) is 3.30. The first-order valence-electron chi connectivity index (χ1n) is 21.3. The lowest BCUT2D eigenvalue weighted by atomic mass is 10.1. The summed E-state index contributed by atoms with van der Waals surface area (Å²) >= 11 is 1.43. The van der Waals surface area contributed by atoms with E-state index in [9.17, 15) is 25.9 Å². The number of aromatic nitrogens is 3. The van der Waals surface area contributed by atoms with E-state index in [0.29, 0.717) is 81.4 Å². The van der Waals surface area contributed by atoms with Crippen LogP contribution >= 0.6 is 11.8 Å². The molecular weight excluding hydrogens is 899 g/mol. The van der Waals surface area contributed by atoms with Crippen LogP contribution in [0.4, 0.5) is 57.4 Å².